The molecule has 2 rings (SSSR count). The first-order valence-corrected chi connectivity index (χ1v) is 5.78. The van der Waals surface area contributed by atoms with Crippen molar-refractivity contribution >= 4 is 21.6 Å². The van der Waals surface area contributed by atoms with Crippen LogP contribution in [0.1, 0.15) is 19.4 Å². The Balaban J connectivity index is 2.16. The SMILES string of the molecule is Cc1ccc(N2CC(C)(C)C2)cc1Br. The topological polar surface area (TPSA) is 3.24 Å². The number of halogens is 1. The molecule has 0 aliphatic carbocycles. The van der Waals surface area contributed by atoms with Gasteiger partial charge in [-0.2, -0.15) is 0 Å². The Morgan fingerprint density at radius 2 is 1.93 bits per heavy atom. The van der Waals surface area contributed by atoms with E-state index in [-0.39, 0.29) is 0 Å². The summed E-state index contributed by atoms with van der Waals surface area (Å²) >= 11 is 3.57. The number of rotatable bonds is 1. The summed E-state index contributed by atoms with van der Waals surface area (Å²) < 4.78 is 1.21. The first-order valence-electron chi connectivity index (χ1n) is 4.99. The lowest BCUT2D eigenvalue weighted by Crippen LogP contribution is -2.53. The molecule has 1 aliphatic heterocycles. The number of nitrogens with zero attached hydrogens (tertiary/aromatic N) is 1. The number of aryl methyl sites for hydroxylation is 1. The zero-order chi connectivity index (χ0) is 10.3. The molecule has 0 atom stereocenters. The van der Waals surface area contributed by atoms with Crippen LogP contribution in [-0.2, 0) is 0 Å². The Labute approximate surface area is 94.2 Å². The van der Waals surface area contributed by atoms with Gasteiger partial charge in [0.2, 0.25) is 0 Å². The van der Waals surface area contributed by atoms with Gasteiger partial charge in [0.15, 0.2) is 0 Å². The van der Waals surface area contributed by atoms with Crippen LogP contribution in [-0.4, -0.2) is 13.1 Å². The highest BCUT2D eigenvalue weighted by Crippen LogP contribution is 2.34. The fourth-order valence-corrected chi connectivity index (χ4v) is 2.31. The predicted octanol–water partition coefficient (Wildman–Crippen LogP) is 3.60. The van der Waals surface area contributed by atoms with E-state index in [2.05, 4.69) is 59.8 Å². The second-order valence-electron chi connectivity index (χ2n) is 4.95. The Kier molecular flexibility index (Phi) is 2.34. The minimum atomic E-state index is 0.497. The molecule has 0 unspecified atom stereocenters. The maximum Gasteiger partial charge on any atom is 0.0378 e. The van der Waals surface area contributed by atoms with E-state index in [4.69, 9.17) is 0 Å². The van der Waals surface area contributed by atoms with Crippen molar-refractivity contribution in [2.45, 2.75) is 20.8 Å². The molecule has 14 heavy (non-hydrogen) atoms. The Bertz CT molecular complexity index is 349. The summed E-state index contributed by atoms with van der Waals surface area (Å²) in [6.07, 6.45) is 0. The maximum absolute atomic E-state index is 3.57. The lowest BCUT2D eigenvalue weighted by molar-refractivity contribution is 0.276. The molecule has 76 valence electrons. The zero-order valence-electron chi connectivity index (χ0n) is 8.97. The highest BCUT2D eigenvalue weighted by Gasteiger charge is 2.34. The molecule has 0 amide bonds. The monoisotopic (exact) mass is 253 g/mol. The molecular formula is C12H16BrN. The molecule has 0 spiro atoms. The van der Waals surface area contributed by atoms with Crippen LogP contribution in [0.5, 0.6) is 0 Å². The van der Waals surface area contributed by atoms with Crippen LogP contribution in [0.25, 0.3) is 0 Å². The van der Waals surface area contributed by atoms with Crippen LogP contribution in [0.2, 0.25) is 0 Å². The fraction of sp³-hybridized carbons (Fsp3) is 0.500. The van der Waals surface area contributed by atoms with Gasteiger partial charge in [0.1, 0.15) is 0 Å². The predicted molar refractivity (Wildman–Crippen MR) is 64.9 cm³/mol. The number of benzene rings is 1. The fourth-order valence-electron chi connectivity index (χ4n) is 1.95. The minimum Gasteiger partial charge on any atom is -0.370 e. The number of anilines is 1. The standard InChI is InChI=1S/C12H16BrN/c1-9-4-5-10(6-11(9)13)14-7-12(2,3)8-14/h4-6H,7-8H2,1-3H3. The molecule has 1 fully saturated rings. The van der Waals surface area contributed by atoms with E-state index < -0.39 is 0 Å². The molecular weight excluding hydrogens is 238 g/mol. The van der Waals surface area contributed by atoms with Crippen LogP contribution in [0.15, 0.2) is 22.7 Å². The summed E-state index contributed by atoms with van der Waals surface area (Å²) in [6.45, 7) is 9.08. The number of hydrogen-bond donors (Lipinski definition) is 0. The lowest BCUT2D eigenvalue weighted by atomic mass is 9.84. The summed E-state index contributed by atoms with van der Waals surface area (Å²) in [6, 6.07) is 6.59. The quantitative estimate of drug-likeness (QED) is 0.740. The van der Waals surface area contributed by atoms with Gasteiger partial charge in [0, 0.05) is 23.2 Å². The largest absolute Gasteiger partial charge is 0.370 e. The second-order valence-corrected chi connectivity index (χ2v) is 5.81. The van der Waals surface area contributed by atoms with Crippen molar-refractivity contribution in [3.05, 3.63) is 28.2 Å². The molecule has 1 aromatic carbocycles. The Morgan fingerprint density at radius 3 is 2.43 bits per heavy atom. The molecule has 0 N–H and O–H groups in total. The van der Waals surface area contributed by atoms with E-state index in [1.807, 2.05) is 0 Å². The molecule has 0 aromatic heterocycles. The molecule has 2 heteroatoms. The molecule has 0 bridgehead atoms. The summed E-state index contributed by atoms with van der Waals surface area (Å²) in [5, 5.41) is 0. The van der Waals surface area contributed by atoms with E-state index in [1.165, 1.54) is 28.8 Å². The van der Waals surface area contributed by atoms with E-state index in [0.29, 0.717) is 5.41 Å². The highest BCUT2D eigenvalue weighted by molar-refractivity contribution is 9.10. The summed E-state index contributed by atoms with van der Waals surface area (Å²) in [7, 11) is 0. The van der Waals surface area contributed by atoms with Gasteiger partial charge >= 0.3 is 0 Å². The van der Waals surface area contributed by atoms with Crippen LogP contribution in [0.4, 0.5) is 5.69 Å². The van der Waals surface area contributed by atoms with Crippen molar-refractivity contribution in [2.24, 2.45) is 5.41 Å². The van der Waals surface area contributed by atoms with E-state index >= 15 is 0 Å². The van der Waals surface area contributed by atoms with Crippen molar-refractivity contribution in [1.29, 1.82) is 0 Å². The van der Waals surface area contributed by atoms with Gasteiger partial charge in [-0.15, -0.1) is 0 Å². The van der Waals surface area contributed by atoms with Gasteiger partial charge in [0.05, 0.1) is 0 Å². The maximum atomic E-state index is 3.57. The van der Waals surface area contributed by atoms with Crippen molar-refractivity contribution in [3.8, 4) is 0 Å². The third kappa shape index (κ3) is 1.81. The van der Waals surface area contributed by atoms with Crippen LogP contribution in [0, 0.1) is 12.3 Å². The van der Waals surface area contributed by atoms with Crippen molar-refractivity contribution in [2.75, 3.05) is 18.0 Å². The van der Waals surface area contributed by atoms with Crippen molar-refractivity contribution in [1.82, 2.24) is 0 Å². The molecule has 1 aliphatic rings. The second kappa shape index (κ2) is 3.27. The van der Waals surface area contributed by atoms with Crippen LogP contribution < -0.4 is 4.90 Å². The Hall–Kier alpha value is -0.500. The summed E-state index contributed by atoms with van der Waals surface area (Å²) in [5.41, 5.74) is 3.13. The van der Waals surface area contributed by atoms with Crippen LogP contribution in [0.3, 0.4) is 0 Å². The molecule has 1 heterocycles. The summed E-state index contributed by atoms with van der Waals surface area (Å²) in [4.78, 5) is 2.42. The summed E-state index contributed by atoms with van der Waals surface area (Å²) in [5.74, 6) is 0. The molecule has 0 radical (unpaired) electrons. The smallest absolute Gasteiger partial charge is 0.0378 e. The van der Waals surface area contributed by atoms with Crippen molar-refractivity contribution in [3.63, 3.8) is 0 Å². The Morgan fingerprint density at radius 1 is 1.29 bits per heavy atom. The van der Waals surface area contributed by atoms with E-state index in [9.17, 15) is 0 Å². The van der Waals surface area contributed by atoms with Crippen molar-refractivity contribution < 1.29 is 0 Å². The first-order chi connectivity index (χ1) is 6.48. The normalized spacial score (nSPS) is 19.3. The zero-order valence-corrected chi connectivity index (χ0v) is 10.6. The first kappa shape index (κ1) is 10.0. The van der Waals surface area contributed by atoms with Gasteiger partial charge in [0.25, 0.3) is 0 Å². The molecule has 1 saturated heterocycles. The minimum absolute atomic E-state index is 0.497. The third-order valence-corrected chi connectivity index (χ3v) is 3.61. The molecule has 0 saturated carbocycles. The molecule has 1 aromatic rings. The van der Waals surface area contributed by atoms with Gasteiger partial charge in [-0.25, -0.2) is 0 Å². The third-order valence-electron chi connectivity index (χ3n) is 2.76. The van der Waals surface area contributed by atoms with Crippen LogP contribution >= 0.6 is 15.9 Å². The lowest BCUT2D eigenvalue weighted by Gasteiger charge is -2.47. The highest BCUT2D eigenvalue weighted by atomic mass is 79.9. The van der Waals surface area contributed by atoms with Gasteiger partial charge < -0.3 is 4.90 Å². The molecule has 1 nitrogen and oxygen atoms in total. The van der Waals surface area contributed by atoms with Gasteiger partial charge in [-0.3, -0.25) is 0 Å². The van der Waals surface area contributed by atoms with Gasteiger partial charge in [-0.1, -0.05) is 35.8 Å². The number of hydrogen-bond acceptors (Lipinski definition) is 1. The van der Waals surface area contributed by atoms with Gasteiger partial charge in [-0.05, 0) is 30.0 Å². The van der Waals surface area contributed by atoms with E-state index in [1.54, 1.807) is 0 Å². The average Bonchev–Trinajstić information content (AvgIpc) is 2.06. The average molecular weight is 254 g/mol. The van der Waals surface area contributed by atoms with E-state index in [0.717, 1.165) is 0 Å².